The Kier molecular flexibility index (Phi) is 3.64. The maximum absolute atomic E-state index is 11.4. The summed E-state index contributed by atoms with van der Waals surface area (Å²) in [5, 5.41) is 9.36. The normalized spacial score (nSPS) is 17.6. The number of hydrogen-bond donors (Lipinski definition) is 1. The van der Waals surface area contributed by atoms with Gasteiger partial charge < -0.3 is 14.6 Å². The molecule has 0 radical (unpaired) electrons. The summed E-state index contributed by atoms with van der Waals surface area (Å²) >= 11 is 0. The first-order valence-corrected chi connectivity index (χ1v) is 7.19. The second-order valence-electron chi connectivity index (χ2n) is 5.43. The number of anilines is 1. The minimum absolute atomic E-state index is 0.384. The van der Waals surface area contributed by atoms with Gasteiger partial charge in [0.05, 0.1) is 5.92 Å². The van der Waals surface area contributed by atoms with Gasteiger partial charge in [0.15, 0.2) is 0 Å². The third-order valence-electron chi connectivity index (χ3n) is 4.16. The highest BCUT2D eigenvalue weighted by Crippen LogP contribution is 2.35. The number of fused-ring (bicyclic) bond motifs is 1. The van der Waals surface area contributed by atoms with Crippen LogP contribution in [-0.4, -0.2) is 33.7 Å². The fourth-order valence-electron chi connectivity index (χ4n) is 2.99. The Labute approximate surface area is 123 Å². The van der Waals surface area contributed by atoms with Crippen molar-refractivity contribution in [3.63, 3.8) is 0 Å². The third kappa shape index (κ3) is 2.63. The molecule has 2 aromatic rings. The molecule has 3 rings (SSSR count). The Morgan fingerprint density at radius 3 is 2.95 bits per heavy atom. The quantitative estimate of drug-likeness (QED) is 0.934. The predicted octanol–water partition coefficient (Wildman–Crippen LogP) is 2.04. The molecule has 5 heteroatoms. The van der Waals surface area contributed by atoms with Crippen LogP contribution in [0.15, 0.2) is 36.7 Å². The van der Waals surface area contributed by atoms with E-state index < -0.39 is 5.97 Å². The number of nitrogens with zero attached hydrogens (tertiary/aromatic N) is 3. The lowest BCUT2D eigenvalue weighted by molar-refractivity contribution is -0.139. The Morgan fingerprint density at radius 2 is 2.24 bits per heavy atom. The van der Waals surface area contributed by atoms with Crippen LogP contribution in [0.2, 0.25) is 0 Å². The maximum atomic E-state index is 11.4. The van der Waals surface area contributed by atoms with Crippen molar-refractivity contribution >= 4 is 11.7 Å². The van der Waals surface area contributed by atoms with E-state index in [1.807, 2.05) is 42.1 Å². The molecular formula is C16H19N3O2. The van der Waals surface area contributed by atoms with Gasteiger partial charge in [-0.2, -0.15) is 0 Å². The summed E-state index contributed by atoms with van der Waals surface area (Å²) in [7, 11) is 1.99. The molecule has 0 amide bonds. The van der Waals surface area contributed by atoms with Crippen molar-refractivity contribution in [3.8, 4) is 0 Å². The number of para-hydroxylation sites is 1. The van der Waals surface area contributed by atoms with Crippen LogP contribution >= 0.6 is 0 Å². The summed E-state index contributed by atoms with van der Waals surface area (Å²) in [6.45, 7) is 1.63. The summed E-state index contributed by atoms with van der Waals surface area (Å²) in [5.41, 5.74) is 1.97. The number of carboxylic acids is 1. The van der Waals surface area contributed by atoms with Crippen LogP contribution in [0.25, 0.3) is 0 Å². The number of carboxylic acid groups (broad SMARTS) is 1. The molecule has 5 nitrogen and oxygen atoms in total. The van der Waals surface area contributed by atoms with Crippen molar-refractivity contribution < 1.29 is 9.90 Å². The molecule has 1 aliphatic rings. The lowest BCUT2D eigenvalue weighted by Gasteiger charge is -2.34. The lowest BCUT2D eigenvalue weighted by atomic mass is 9.90. The zero-order valence-corrected chi connectivity index (χ0v) is 12.1. The number of hydrogen-bond acceptors (Lipinski definition) is 3. The van der Waals surface area contributed by atoms with Gasteiger partial charge in [0.2, 0.25) is 0 Å². The molecular weight excluding hydrogens is 266 g/mol. The average Bonchev–Trinajstić information content (AvgIpc) is 2.89. The third-order valence-corrected chi connectivity index (χ3v) is 4.16. The van der Waals surface area contributed by atoms with Gasteiger partial charge in [0, 0.05) is 44.6 Å². The average molecular weight is 285 g/mol. The van der Waals surface area contributed by atoms with Gasteiger partial charge in [-0.3, -0.25) is 4.79 Å². The van der Waals surface area contributed by atoms with Gasteiger partial charge in [0.1, 0.15) is 5.82 Å². The van der Waals surface area contributed by atoms with Gasteiger partial charge >= 0.3 is 5.97 Å². The summed E-state index contributed by atoms with van der Waals surface area (Å²) in [6.07, 6.45) is 5.27. The van der Waals surface area contributed by atoms with Crippen molar-refractivity contribution in [2.45, 2.75) is 18.8 Å². The first-order valence-electron chi connectivity index (χ1n) is 7.19. The Bertz CT molecular complexity index is 650. The minimum Gasteiger partial charge on any atom is -0.481 e. The number of aromatic nitrogens is 2. The van der Waals surface area contributed by atoms with E-state index >= 15 is 0 Å². The molecule has 1 atom stereocenters. The molecule has 0 fully saturated rings. The van der Waals surface area contributed by atoms with Crippen molar-refractivity contribution in [2.75, 3.05) is 18.0 Å². The smallest absolute Gasteiger partial charge is 0.311 e. The van der Waals surface area contributed by atoms with E-state index in [0.29, 0.717) is 6.42 Å². The maximum Gasteiger partial charge on any atom is 0.311 e. The number of rotatable bonds is 4. The van der Waals surface area contributed by atoms with Gasteiger partial charge in [-0.05, 0) is 18.1 Å². The molecule has 0 saturated heterocycles. The van der Waals surface area contributed by atoms with Gasteiger partial charge in [-0.15, -0.1) is 0 Å². The SMILES string of the molecule is Cn1ccnc1CCN1CCC(C(=O)O)c2ccccc21. The Balaban J connectivity index is 1.79. The molecule has 0 bridgehead atoms. The molecule has 1 unspecified atom stereocenters. The molecule has 0 saturated carbocycles. The van der Waals surface area contributed by atoms with Crippen molar-refractivity contribution in [3.05, 3.63) is 48.0 Å². The van der Waals surface area contributed by atoms with E-state index in [-0.39, 0.29) is 5.92 Å². The molecule has 1 N–H and O–H groups in total. The van der Waals surface area contributed by atoms with E-state index in [9.17, 15) is 9.90 Å². The molecule has 1 aliphatic heterocycles. The van der Waals surface area contributed by atoms with Crippen LogP contribution in [0, 0.1) is 0 Å². The fraction of sp³-hybridized carbons (Fsp3) is 0.375. The zero-order valence-electron chi connectivity index (χ0n) is 12.1. The summed E-state index contributed by atoms with van der Waals surface area (Å²) in [5.74, 6) is -0.0651. The highest BCUT2D eigenvalue weighted by atomic mass is 16.4. The Morgan fingerprint density at radius 1 is 1.43 bits per heavy atom. The fourth-order valence-corrected chi connectivity index (χ4v) is 2.99. The van der Waals surface area contributed by atoms with E-state index in [1.165, 1.54) is 0 Å². The molecule has 110 valence electrons. The summed E-state index contributed by atoms with van der Waals surface area (Å²) in [6, 6.07) is 7.83. The molecule has 1 aromatic heterocycles. The first-order chi connectivity index (χ1) is 10.2. The van der Waals surface area contributed by atoms with Crippen LogP contribution in [-0.2, 0) is 18.3 Å². The highest BCUT2D eigenvalue weighted by molar-refractivity contribution is 5.80. The number of aryl methyl sites for hydroxylation is 1. The molecule has 2 heterocycles. The second kappa shape index (κ2) is 5.60. The van der Waals surface area contributed by atoms with Gasteiger partial charge in [-0.1, -0.05) is 18.2 Å². The van der Waals surface area contributed by atoms with Crippen LogP contribution in [0.4, 0.5) is 5.69 Å². The zero-order chi connectivity index (χ0) is 14.8. The lowest BCUT2D eigenvalue weighted by Crippen LogP contribution is -2.35. The minimum atomic E-state index is -0.730. The van der Waals surface area contributed by atoms with Crippen molar-refractivity contribution in [1.29, 1.82) is 0 Å². The number of benzene rings is 1. The largest absolute Gasteiger partial charge is 0.481 e. The topological polar surface area (TPSA) is 58.4 Å². The summed E-state index contributed by atoms with van der Waals surface area (Å²) in [4.78, 5) is 18.0. The van der Waals surface area contributed by atoms with Crippen LogP contribution in [0.1, 0.15) is 23.7 Å². The van der Waals surface area contributed by atoms with Crippen molar-refractivity contribution in [1.82, 2.24) is 9.55 Å². The van der Waals surface area contributed by atoms with Gasteiger partial charge in [-0.25, -0.2) is 4.98 Å². The monoisotopic (exact) mass is 285 g/mol. The molecule has 0 aliphatic carbocycles. The number of aliphatic carboxylic acids is 1. The van der Waals surface area contributed by atoms with Crippen molar-refractivity contribution in [2.24, 2.45) is 7.05 Å². The van der Waals surface area contributed by atoms with Crippen LogP contribution < -0.4 is 4.90 Å². The predicted molar refractivity (Wildman–Crippen MR) is 80.6 cm³/mol. The first kappa shape index (κ1) is 13.7. The second-order valence-corrected chi connectivity index (χ2v) is 5.43. The Hall–Kier alpha value is -2.30. The van der Waals surface area contributed by atoms with E-state index in [2.05, 4.69) is 9.88 Å². The van der Waals surface area contributed by atoms with E-state index in [1.54, 1.807) is 6.20 Å². The van der Waals surface area contributed by atoms with Gasteiger partial charge in [0.25, 0.3) is 0 Å². The molecule has 0 spiro atoms. The van der Waals surface area contributed by atoms with Crippen LogP contribution in [0.3, 0.4) is 0 Å². The van der Waals surface area contributed by atoms with E-state index in [4.69, 9.17) is 0 Å². The van der Waals surface area contributed by atoms with E-state index in [0.717, 1.165) is 36.6 Å². The molecule has 1 aromatic carbocycles. The number of carbonyl (C=O) groups is 1. The standard InChI is InChI=1S/C16H19N3O2/c1-18-11-8-17-15(18)7-10-19-9-6-13(16(20)21)12-4-2-3-5-14(12)19/h2-5,8,11,13H,6-7,9-10H2,1H3,(H,20,21). The summed E-state index contributed by atoms with van der Waals surface area (Å²) < 4.78 is 2.02. The molecule has 21 heavy (non-hydrogen) atoms. The highest BCUT2D eigenvalue weighted by Gasteiger charge is 2.29. The van der Waals surface area contributed by atoms with Crippen LogP contribution in [0.5, 0.6) is 0 Å². The number of imidazole rings is 1.